The number of hydrogen-bond donors (Lipinski definition) is 3. The predicted octanol–water partition coefficient (Wildman–Crippen LogP) is 5.24. The summed E-state index contributed by atoms with van der Waals surface area (Å²) in [7, 11) is 0. The third kappa shape index (κ3) is 4.77. The molecule has 0 radical (unpaired) electrons. The van der Waals surface area contributed by atoms with Crippen molar-refractivity contribution in [3.8, 4) is 5.75 Å². The Morgan fingerprint density at radius 1 is 1.14 bits per heavy atom. The zero-order chi connectivity index (χ0) is 24.5. The Morgan fingerprint density at radius 3 is 2.63 bits per heavy atom. The molecule has 1 aliphatic heterocycles. The van der Waals surface area contributed by atoms with Crippen molar-refractivity contribution in [1.82, 2.24) is 15.0 Å². The number of anilines is 2. The van der Waals surface area contributed by atoms with Crippen LogP contribution in [0.4, 0.5) is 11.4 Å². The number of aromatic nitrogens is 3. The predicted molar refractivity (Wildman–Crippen MR) is 139 cm³/mol. The Kier molecular flexibility index (Phi) is 6.51. The van der Waals surface area contributed by atoms with Gasteiger partial charge in [-0.1, -0.05) is 23.2 Å². The van der Waals surface area contributed by atoms with E-state index in [0.29, 0.717) is 51.6 Å². The Hall–Kier alpha value is -3.33. The van der Waals surface area contributed by atoms with E-state index in [1.807, 2.05) is 19.1 Å². The molecule has 0 saturated carbocycles. The lowest BCUT2D eigenvalue weighted by Gasteiger charge is -2.28. The van der Waals surface area contributed by atoms with E-state index >= 15 is 0 Å². The normalized spacial score (nSPS) is 14.8. The van der Waals surface area contributed by atoms with Gasteiger partial charge in [-0.3, -0.25) is 10.4 Å². The molecule has 0 aliphatic carbocycles. The van der Waals surface area contributed by atoms with Crippen LogP contribution in [-0.2, 0) is 4.74 Å². The van der Waals surface area contributed by atoms with E-state index in [1.54, 1.807) is 18.2 Å². The number of pyridine rings is 1. The van der Waals surface area contributed by atoms with Crippen LogP contribution in [0.25, 0.3) is 11.0 Å². The fourth-order valence-corrected chi connectivity index (χ4v) is 4.83. The number of nitrogen functional groups attached to an aromatic ring is 1. The summed E-state index contributed by atoms with van der Waals surface area (Å²) in [5.41, 5.74) is 10.7. The van der Waals surface area contributed by atoms with Crippen molar-refractivity contribution in [2.75, 3.05) is 36.9 Å². The summed E-state index contributed by atoms with van der Waals surface area (Å²) in [5.74, 6) is 0.956. The molecule has 0 amide bonds. The van der Waals surface area contributed by atoms with Crippen LogP contribution >= 0.6 is 23.2 Å². The summed E-state index contributed by atoms with van der Waals surface area (Å²) < 4.78 is 11.5. The summed E-state index contributed by atoms with van der Waals surface area (Å²) in [5, 5.41) is 9.64. The van der Waals surface area contributed by atoms with Gasteiger partial charge in [0.15, 0.2) is 5.82 Å². The molecule has 180 valence electrons. The third-order valence-corrected chi connectivity index (χ3v) is 6.58. The number of aromatic amines is 1. The zero-order valence-corrected chi connectivity index (χ0v) is 20.5. The summed E-state index contributed by atoms with van der Waals surface area (Å²) >= 11 is 12.5. The topological polar surface area (TPSA) is 113 Å². The number of nitrogens with zero attached hydrogens (tertiary/aromatic N) is 3. The van der Waals surface area contributed by atoms with E-state index in [0.717, 1.165) is 29.8 Å². The van der Waals surface area contributed by atoms with Crippen molar-refractivity contribution in [2.24, 2.45) is 0 Å². The highest BCUT2D eigenvalue weighted by Gasteiger charge is 2.19. The summed E-state index contributed by atoms with van der Waals surface area (Å²) in [6.07, 6.45) is 2.62. The second-order valence-electron chi connectivity index (χ2n) is 8.29. The number of imidazole rings is 1. The zero-order valence-electron chi connectivity index (χ0n) is 19.0. The molecule has 4 N–H and O–H groups in total. The van der Waals surface area contributed by atoms with E-state index in [2.05, 4.69) is 25.9 Å². The second-order valence-corrected chi connectivity index (χ2v) is 9.10. The van der Waals surface area contributed by atoms with Crippen LogP contribution in [-0.4, -0.2) is 47.0 Å². The molecular formula is C25H24Cl2N6O2. The van der Waals surface area contributed by atoms with E-state index in [9.17, 15) is 0 Å². The van der Waals surface area contributed by atoms with Crippen molar-refractivity contribution in [2.45, 2.75) is 13.0 Å². The van der Waals surface area contributed by atoms with Crippen molar-refractivity contribution >= 4 is 51.3 Å². The summed E-state index contributed by atoms with van der Waals surface area (Å²) in [4.78, 5) is 14.1. The van der Waals surface area contributed by atoms with Crippen LogP contribution < -0.4 is 15.4 Å². The molecule has 8 nitrogen and oxygen atoms in total. The monoisotopic (exact) mass is 510 g/mol. The molecule has 2 aromatic heterocycles. The Labute approximate surface area is 212 Å². The second kappa shape index (κ2) is 9.73. The molecule has 0 spiro atoms. The van der Waals surface area contributed by atoms with Crippen LogP contribution in [0.3, 0.4) is 0 Å². The number of halogens is 2. The maximum atomic E-state index is 8.80. The average Bonchev–Trinajstić information content (AvgIpc) is 3.29. The van der Waals surface area contributed by atoms with Gasteiger partial charge in [-0.2, -0.15) is 0 Å². The fourth-order valence-electron chi connectivity index (χ4n) is 4.16. The maximum absolute atomic E-state index is 8.80. The van der Waals surface area contributed by atoms with Crippen LogP contribution in [0, 0.1) is 5.41 Å². The van der Waals surface area contributed by atoms with Gasteiger partial charge in [0, 0.05) is 48.0 Å². The molecule has 1 atom stereocenters. The van der Waals surface area contributed by atoms with Gasteiger partial charge >= 0.3 is 0 Å². The molecule has 0 bridgehead atoms. The lowest BCUT2D eigenvalue weighted by atomic mass is 10.1. The molecule has 3 heterocycles. The van der Waals surface area contributed by atoms with Gasteiger partial charge in [-0.05, 0) is 43.3 Å². The number of benzene rings is 2. The minimum atomic E-state index is -0.437. The van der Waals surface area contributed by atoms with E-state index < -0.39 is 6.10 Å². The molecule has 1 unspecified atom stereocenters. The van der Waals surface area contributed by atoms with Crippen molar-refractivity contribution in [3.05, 3.63) is 75.8 Å². The molecule has 1 aliphatic rings. The Morgan fingerprint density at radius 2 is 1.89 bits per heavy atom. The lowest BCUT2D eigenvalue weighted by molar-refractivity contribution is 0.122. The molecule has 4 aromatic rings. The number of morpholine rings is 1. The van der Waals surface area contributed by atoms with Crippen LogP contribution in [0.5, 0.6) is 5.75 Å². The van der Waals surface area contributed by atoms with E-state index in [1.165, 1.54) is 12.4 Å². The third-order valence-electron chi connectivity index (χ3n) is 5.98. The number of nitrogens with two attached hydrogens (primary N) is 1. The minimum absolute atomic E-state index is 0.171. The molecule has 1 fully saturated rings. The number of fused-ring (bicyclic) bond motifs is 1. The van der Waals surface area contributed by atoms with Crippen molar-refractivity contribution < 1.29 is 9.47 Å². The number of hydrogen-bond acceptors (Lipinski definition) is 7. The van der Waals surface area contributed by atoms with Gasteiger partial charge in [-0.25, -0.2) is 4.98 Å². The first-order valence-electron chi connectivity index (χ1n) is 11.2. The smallest absolute Gasteiger partial charge is 0.157 e. The van der Waals surface area contributed by atoms with Gasteiger partial charge in [0.05, 0.1) is 34.3 Å². The average molecular weight is 511 g/mol. The van der Waals surface area contributed by atoms with Gasteiger partial charge in [-0.15, -0.1) is 0 Å². The van der Waals surface area contributed by atoms with Gasteiger partial charge in [0.1, 0.15) is 17.6 Å². The molecular weight excluding hydrogens is 487 g/mol. The number of nitrogens with one attached hydrogen (secondary N) is 2. The van der Waals surface area contributed by atoms with Crippen LogP contribution in [0.2, 0.25) is 10.0 Å². The quantitative estimate of drug-likeness (QED) is 0.241. The van der Waals surface area contributed by atoms with Crippen LogP contribution in [0.1, 0.15) is 30.0 Å². The highest BCUT2D eigenvalue weighted by Crippen LogP contribution is 2.33. The molecule has 1 saturated heterocycles. The molecule has 10 heteroatoms. The summed E-state index contributed by atoms with van der Waals surface area (Å²) in [6.45, 7) is 4.97. The van der Waals surface area contributed by atoms with Crippen molar-refractivity contribution in [3.63, 3.8) is 0 Å². The fraction of sp³-hybridized carbons (Fsp3) is 0.240. The van der Waals surface area contributed by atoms with Gasteiger partial charge < -0.3 is 25.1 Å². The molecule has 5 rings (SSSR count). The number of rotatable bonds is 6. The van der Waals surface area contributed by atoms with Crippen molar-refractivity contribution in [1.29, 1.82) is 5.41 Å². The molecule has 35 heavy (non-hydrogen) atoms. The largest absolute Gasteiger partial charge is 0.486 e. The lowest BCUT2D eigenvalue weighted by Crippen LogP contribution is -2.36. The highest BCUT2D eigenvalue weighted by molar-refractivity contribution is 6.35. The summed E-state index contributed by atoms with van der Waals surface area (Å²) in [6, 6.07) is 11.2. The Balaban J connectivity index is 1.40. The van der Waals surface area contributed by atoms with E-state index in [-0.39, 0.29) is 5.71 Å². The van der Waals surface area contributed by atoms with E-state index in [4.69, 9.17) is 43.8 Å². The Bertz CT molecular complexity index is 1380. The SMILES string of the molecule is CC(Oc1ccc(N)c(C(=N)c2nc3ccc(N4CCOCC4)cc3[nH]2)c1)c1c(Cl)cncc1Cl. The standard InChI is InChI=1S/C25H24Cl2N6O2/c1-14(23-18(26)12-30-13-19(23)27)35-16-3-4-20(28)17(11-16)24(29)25-31-21-5-2-15(10-22(21)32-25)33-6-8-34-9-7-33/h2-5,10-14,29H,6-9,28H2,1H3,(H,31,32). The minimum Gasteiger partial charge on any atom is -0.486 e. The number of H-pyrrole nitrogens is 1. The first-order chi connectivity index (χ1) is 16.9. The highest BCUT2D eigenvalue weighted by atomic mass is 35.5. The number of ether oxygens (including phenoxy) is 2. The van der Waals surface area contributed by atoms with Gasteiger partial charge in [0.25, 0.3) is 0 Å². The first-order valence-corrected chi connectivity index (χ1v) is 11.9. The first kappa shape index (κ1) is 23.4. The van der Waals surface area contributed by atoms with Gasteiger partial charge in [0.2, 0.25) is 0 Å². The maximum Gasteiger partial charge on any atom is 0.157 e. The van der Waals surface area contributed by atoms with Crippen LogP contribution in [0.15, 0.2) is 48.8 Å². The molecule has 2 aromatic carbocycles.